The molecule has 1 aliphatic carbocycles. The van der Waals surface area contributed by atoms with Gasteiger partial charge in [0.2, 0.25) is 0 Å². The molecule has 13 nitrogen and oxygen atoms in total. The highest BCUT2D eigenvalue weighted by Gasteiger charge is 2.37. The molecule has 2 fully saturated rings. The monoisotopic (exact) mass is 906 g/mol. The van der Waals surface area contributed by atoms with Crippen LogP contribution in [-0.2, 0) is 19.5 Å². The summed E-state index contributed by atoms with van der Waals surface area (Å²) in [6, 6.07) is 30.7. The second-order valence-corrected chi connectivity index (χ2v) is 19.3. The number of carbonyl (C=O) groups is 4. The molecule has 3 heterocycles. The number of rotatable bonds is 12. The van der Waals surface area contributed by atoms with Crippen LogP contribution in [0.2, 0.25) is 0 Å². The molecule has 0 saturated carbocycles. The van der Waals surface area contributed by atoms with Gasteiger partial charge < -0.3 is 14.2 Å². The van der Waals surface area contributed by atoms with Crippen LogP contribution in [-0.4, -0.2) is 104 Å². The van der Waals surface area contributed by atoms with Crippen molar-refractivity contribution in [1.29, 1.82) is 0 Å². The molecule has 4 N–H and O–H groups in total. The molecule has 1 unspecified atom stereocenters. The van der Waals surface area contributed by atoms with Gasteiger partial charge in [0.1, 0.15) is 0 Å². The first kappa shape index (κ1) is 47.1. The zero-order chi connectivity index (χ0) is 47.4. The number of hydrogen-bond acceptors (Lipinski definition) is 9. The van der Waals surface area contributed by atoms with Gasteiger partial charge in [-0.2, -0.15) is 0 Å². The number of piperazine rings is 2. The van der Waals surface area contributed by atoms with Crippen LogP contribution in [0.25, 0.3) is 16.7 Å². The molecule has 8 rings (SSSR count). The third-order valence-electron chi connectivity index (χ3n) is 14.1. The van der Waals surface area contributed by atoms with E-state index in [-0.39, 0.29) is 41.4 Å². The Labute approximate surface area is 393 Å². The molecule has 1 aromatic heterocycles. The number of allylic oxidation sites excluding steroid dienone is 2. The van der Waals surface area contributed by atoms with Gasteiger partial charge >= 0.3 is 0 Å². The first-order valence-corrected chi connectivity index (χ1v) is 23.3. The summed E-state index contributed by atoms with van der Waals surface area (Å²) in [6.45, 7) is 14.8. The van der Waals surface area contributed by atoms with E-state index in [0.29, 0.717) is 56.0 Å². The average molecular weight is 907 g/mol. The zero-order valence-electron chi connectivity index (χ0n) is 39.1. The largest absolute Gasteiger partial charge is 0.472 e. The average Bonchev–Trinajstić information content (AvgIpc) is 3.87. The second-order valence-electron chi connectivity index (χ2n) is 19.3. The SMILES string of the molecule is C[C@@H]1CN(C(=O)c2ccccc2C2=CCC(C)(Cc3ccc(-c4ccoc4)c(C(=O)N4[C@H](C)CN(Cc5ccc(C(=O)NO)cc5)C[C@@H]4C)c3)CC2)C[C@H](C)N1Cc1ccc(C(=O)NO)cc1. The Bertz CT molecular complexity index is 2590. The molecule has 0 bridgehead atoms. The molecule has 13 heteroatoms. The normalized spacial score (nSPS) is 22.5. The van der Waals surface area contributed by atoms with Crippen molar-refractivity contribution in [2.24, 2.45) is 5.41 Å². The van der Waals surface area contributed by atoms with Crippen LogP contribution in [0.1, 0.15) is 118 Å². The van der Waals surface area contributed by atoms with E-state index in [1.807, 2.05) is 58.3 Å². The Hall–Kier alpha value is -6.38. The fourth-order valence-electron chi connectivity index (χ4n) is 10.6. The molecule has 4 amide bonds. The smallest absolute Gasteiger partial charge is 0.274 e. The number of hydroxylamine groups is 2. The van der Waals surface area contributed by atoms with Gasteiger partial charge in [0, 0.05) is 91.3 Å². The predicted octanol–water partition coefficient (Wildman–Crippen LogP) is 8.47. The van der Waals surface area contributed by atoms with Crippen LogP contribution in [0.5, 0.6) is 0 Å². The van der Waals surface area contributed by atoms with Gasteiger partial charge in [-0.15, -0.1) is 0 Å². The lowest BCUT2D eigenvalue weighted by atomic mass is 9.71. The number of benzene rings is 4. The molecule has 5 atom stereocenters. The lowest BCUT2D eigenvalue weighted by Crippen LogP contribution is -2.58. The molecule has 350 valence electrons. The van der Waals surface area contributed by atoms with E-state index in [1.165, 1.54) is 5.57 Å². The molecular formula is C54H62N6O7. The van der Waals surface area contributed by atoms with Crippen LogP contribution < -0.4 is 11.0 Å². The van der Waals surface area contributed by atoms with Crippen molar-refractivity contribution in [3.63, 3.8) is 0 Å². The molecule has 4 aromatic carbocycles. The summed E-state index contributed by atoms with van der Waals surface area (Å²) >= 11 is 0. The Morgan fingerprint density at radius 3 is 1.84 bits per heavy atom. The third-order valence-corrected chi connectivity index (χ3v) is 14.1. The number of nitrogens with zero attached hydrogens (tertiary/aromatic N) is 4. The Morgan fingerprint density at radius 2 is 1.27 bits per heavy atom. The first-order valence-electron chi connectivity index (χ1n) is 23.3. The molecule has 0 spiro atoms. The van der Waals surface area contributed by atoms with Gasteiger partial charge in [-0.3, -0.25) is 39.4 Å². The summed E-state index contributed by atoms with van der Waals surface area (Å²) in [5.74, 6) is -1.04. The number of nitrogens with one attached hydrogen (secondary N) is 2. The van der Waals surface area contributed by atoms with Gasteiger partial charge in [-0.1, -0.05) is 67.6 Å². The fraction of sp³-hybridized carbons (Fsp3) is 0.370. The molecular weight excluding hydrogens is 845 g/mol. The highest BCUT2D eigenvalue weighted by molar-refractivity contribution is 6.02. The number of amides is 4. The van der Waals surface area contributed by atoms with Gasteiger partial charge in [-0.25, -0.2) is 11.0 Å². The first-order chi connectivity index (χ1) is 32.2. The summed E-state index contributed by atoms with van der Waals surface area (Å²) in [5.41, 5.74) is 12.6. The van der Waals surface area contributed by atoms with Crippen LogP contribution in [0, 0.1) is 5.41 Å². The molecule has 5 aromatic rings. The molecule has 3 aliphatic rings. The molecule has 67 heavy (non-hydrogen) atoms. The van der Waals surface area contributed by atoms with E-state index < -0.39 is 11.8 Å². The minimum atomic E-state index is -0.547. The number of furan rings is 1. The van der Waals surface area contributed by atoms with Crippen molar-refractivity contribution in [2.75, 3.05) is 26.2 Å². The molecule has 2 saturated heterocycles. The van der Waals surface area contributed by atoms with Gasteiger partial charge in [0.15, 0.2) is 0 Å². The van der Waals surface area contributed by atoms with E-state index in [2.05, 4.69) is 74.8 Å². The third kappa shape index (κ3) is 10.5. The topological polar surface area (TPSA) is 159 Å². The van der Waals surface area contributed by atoms with E-state index in [1.54, 1.807) is 47.8 Å². The van der Waals surface area contributed by atoms with Crippen LogP contribution in [0.3, 0.4) is 0 Å². The summed E-state index contributed by atoms with van der Waals surface area (Å²) < 4.78 is 5.49. The Morgan fingerprint density at radius 1 is 0.672 bits per heavy atom. The molecule has 2 aliphatic heterocycles. The lowest BCUT2D eigenvalue weighted by molar-refractivity contribution is 0.0265. The van der Waals surface area contributed by atoms with Crippen molar-refractivity contribution in [3.8, 4) is 11.1 Å². The summed E-state index contributed by atoms with van der Waals surface area (Å²) in [6.07, 6.45) is 9.05. The quantitative estimate of drug-likeness (QED) is 0.0712. The minimum Gasteiger partial charge on any atom is -0.472 e. The lowest BCUT2D eigenvalue weighted by Gasteiger charge is -2.45. The number of hydrogen-bond donors (Lipinski definition) is 4. The van der Waals surface area contributed by atoms with Gasteiger partial charge in [0.25, 0.3) is 23.6 Å². The van der Waals surface area contributed by atoms with Crippen LogP contribution >= 0.6 is 0 Å². The van der Waals surface area contributed by atoms with Gasteiger partial charge in [-0.05, 0) is 135 Å². The maximum absolute atomic E-state index is 14.8. The highest BCUT2D eigenvalue weighted by Crippen LogP contribution is 2.42. The second kappa shape index (κ2) is 20.2. The summed E-state index contributed by atoms with van der Waals surface area (Å²) in [4.78, 5) is 61.5. The van der Waals surface area contributed by atoms with E-state index in [9.17, 15) is 19.2 Å². The van der Waals surface area contributed by atoms with Crippen molar-refractivity contribution < 1.29 is 34.0 Å². The Balaban J connectivity index is 0.936. The van der Waals surface area contributed by atoms with Crippen molar-refractivity contribution in [3.05, 3.63) is 160 Å². The van der Waals surface area contributed by atoms with E-state index in [4.69, 9.17) is 14.8 Å². The maximum atomic E-state index is 14.8. The van der Waals surface area contributed by atoms with E-state index >= 15 is 0 Å². The number of carbonyl (C=O) groups excluding carboxylic acids is 4. The predicted molar refractivity (Wildman–Crippen MR) is 256 cm³/mol. The maximum Gasteiger partial charge on any atom is 0.274 e. The fourth-order valence-corrected chi connectivity index (χ4v) is 10.6. The van der Waals surface area contributed by atoms with Crippen molar-refractivity contribution in [1.82, 2.24) is 30.6 Å². The van der Waals surface area contributed by atoms with Crippen molar-refractivity contribution >= 4 is 29.2 Å². The minimum absolute atomic E-state index is 0.000759. The highest BCUT2D eigenvalue weighted by atomic mass is 16.5. The van der Waals surface area contributed by atoms with Crippen LogP contribution in [0.4, 0.5) is 0 Å². The van der Waals surface area contributed by atoms with Gasteiger partial charge in [0.05, 0.1) is 12.5 Å². The summed E-state index contributed by atoms with van der Waals surface area (Å²) in [7, 11) is 0. The zero-order valence-corrected chi connectivity index (χ0v) is 39.1. The van der Waals surface area contributed by atoms with Crippen molar-refractivity contribution in [2.45, 2.75) is 97.6 Å². The summed E-state index contributed by atoms with van der Waals surface area (Å²) in [5, 5.41) is 18.0. The van der Waals surface area contributed by atoms with E-state index in [0.717, 1.165) is 64.6 Å². The van der Waals surface area contributed by atoms with Crippen LogP contribution in [0.15, 0.2) is 120 Å². The Kier molecular flexibility index (Phi) is 14.2. The molecule has 0 radical (unpaired) electrons. The standard InChI is InChI=1S/C54H62N6O7/c1-35-30-58(31-36(2)59(35)33-40-12-17-44(18-13-40)51(62)56-66)52(63)48-9-7-6-8-46(48)42-20-23-54(5,24-21-42)27-41-14-19-47(45-22-25-67-34-45)49(26-41)53(64)60-37(3)28-57(29-38(60)4)32-39-10-15-43(16-11-39)50(61)55-65/h6-20,22,25-26,34-38,65-66H,21,23-24,27-33H2,1-5H3,(H,55,61)(H,56,62)/t35-,36+,37-,38+,54?.